The van der Waals surface area contributed by atoms with Crippen LogP contribution in [0, 0.1) is 0 Å². The summed E-state index contributed by atoms with van der Waals surface area (Å²) in [6.45, 7) is 6.79. The Labute approximate surface area is 91.0 Å². The van der Waals surface area contributed by atoms with Crippen LogP contribution in [0.5, 0.6) is 0 Å². The smallest absolute Gasteiger partial charge is 0.325 e. The largest absolute Gasteiger partial charge is 0.468 e. The van der Waals surface area contributed by atoms with E-state index >= 15 is 0 Å². The van der Waals surface area contributed by atoms with Crippen LogP contribution in [0.2, 0.25) is 0 Å². The van der Waals surface area contributed by atoms with Crippen LogP contribution >= 0.6 is 11.8 Å². The highest BCUT2D eigenvalue weighted by atomic mass is 32.2. The average molecular weight is 219 g/mol. The zero-order valence-corrected chi connectivity index (χ0v) is 10.4. The summed E-state index contributed by atoms with van der Waals surface area (Å²) in [5.74, 6) is 1.90. The molecule has 0 saturated carbocycles. The van der Waals surface area contributed by atoms with Gasteiger partial charge in [0.05, 0.1) is 7.11 Å². The van der Waals surface area contributed by atoms with E-state index < -0.39 is 5.54 Å². The fraction of sp³-hybridized carbons (Fsp3) is 0.900. The fourth-order valence-electron chi connectivity index (χ4n) is 1.30. The van der Waals surface area contributed by atoms with Crippen LogP contribution in [-0.4, -0.2) is 36.7 Å². The lowest BCUT2D eigenvalue weighted by Crippen LogP contribution is -2.50. The molecule has 1 atom stereocenters. The van der Waals surface area contributed by atoms with Crippen molar-refractivity contribution in [2.75, 3.05) is 25.2 Å². The molecule has 0 saturated heterocycles. The molecule has 0 radical (unpaired) electrons. The van der Waals surface area contributed by atoms with E-state index in [-0.39, 0.29) is 5.97 Å². The minimum Gasteiger partial charge on any atom is -0.468 e. The van der Waals surface area contributed by atoms with Crippen molar-refractivity contribution in [3.8, 4) is 0 Å². The second-order valence-corrected chi connectivity index (χ2v) is 4.69. The first-order chi connectivity index (χ1) is 6.60. The van der Waals surface area contributed by atoms with Gasteiger partial charge in [0, 0.05) is 0 Å². The van der Waals surface area contributed by atoms with Gasteiger partial charge in [-0.05, 0) is 31.4 Å². The topological polar surface area (TPSA) is 38.3 Å². The number of likely N-dealkylation sites (N-methyl/N-ethyl adjacent to an activating group) is 1. The second kappa shape index (κ2) is 7.12. The van der Waals surface area contributed by atoms with Crippen molar-refractivity contribution >= 4 is 17.7 Å². The maximum absolute atomic E-state index is 11.5. The molecular weight excluding hydrogens is 198 g/mol. The van der Waals surface area contributed by atoms with Gasteiger partial charge < -0.3 is 10.1 Å². The maximum Gasteiger partial charge on any atom is 0.325 e. The molecule has 0 heterocycles. The number of ether oxygens (including phenoxy) is 1. The highest BCUT2D eigenvalue weighted by Gasteiger charge is 2.32. The Morgan fingerprint density at radius 1 is 1.50 bits per heavy atom. The summed E-state index contributed by atoms with van der Waals surface area (Å²) in [6, 6.07) is 0. The van der Waals surface area contributed by atoms with E-state index in [9.17, 15) is 4.79 Å². The van der Waals surface area contributed by atoms with E-state index in [1.54, 1.807) is 0 Å². The first kappa shape index (κ1) is 13.8. The van der Waals surface area contributed by atoms with E-state index in [2.05, 4.69) is 12.2 Å². The van der Waals surface area contributed by atoms with Crippen LogP contribution in [0.4, 0.5) is 0 Å². The zero-order chi connectivity index (χ0) is 11.0. The SMILES string of the molecule is CCNC(C)(CCSCC)C(=O)OC. The molecule has 0 bridgehead atoms. The highest BCUT2D eigenvalue weighted by molar-refractivity contribution is 7.99. The van der Waals surface area contributed by atoms with Crippen molar-refractivity contribution in [3.63, 3.8) is 0 Å². The molecular formula is C10H21NO2S. The summed E-state index contributed by atoms with van der Waals surface area (Å²) >= 11 is 1.84. The van der Waals surface area contributed by atoms with Gasteiger partial charge in [0.2, 0.25) is 0 Å². The van der Waals surface area contributed by atoms with Crippen molar-refractivity contribution in [1.82, 2.24) is 5.32 Å². The maximum atomic E-state index is 11.5. The number of nitrogens with one attached hydrogen (secondary N) is 1. The van der Waals surface area contributed by atoms with Gasteiger partial charge in [-0.15, -0.1) is 0 Å². The second-order valence-electron chi connectivity index (χ2n) is 3.30. The summed E-state index contributed by atoms with van der Waals surface area (Å²) in [7, 11) is 1.44. The normalized spacial score (nSPS) is 14.9. The van der Waals surface area contributed by atoms with Crippen LogP contribution in [0.15, 0.2) is 0 Å². The Bertz CT molecular complexity index is 176. The highest BCUT2D eigenvalue weighted by Crippen LogP contribution is 2.15. The molecule has 0 aromatic carbocycles. The van der Waals surface area contributed by atoms with Gasteiger partial charge in [-0.25, -0.2) is 0 Å². The number of hydrogen-bond acceptors (Lipinski definition) is 4. The third-order valence-electron chi connectivity index (χ3n) is 2.15. The molecule has 0 rings (SSSR count). The Morgan fingerprint density at radius 3 is 2.57 bits per heavy atom. The Hall–Kier alpha value is -0.220. The van der Waals surface area contributed by atoms with Crippen molar-refractivity contribution in [3.05, 3.63) is 0 Å². The van der Waals surface area contributed by atoms with Crippen molar-refractivity contribution in [2.45, 2.75) is 32.7 Å². The Kier molecular flexibility index (Phi) is 7.01. The number of methoxy groups -OCH3 is 1. The predicted molar refractivity (Wildman–Crippen MR) is 61.7 cm³/mol. The monoisotopic (exact) mass is 219 g/mol. The molecule has 0 aliphatic heterocycles. The summed E-state index contributed by atoms with van der Waals surface area (Å²) in [4.78, 5) is 11.5. The summed E-state index contributed by atoms with van der Waals surface area (Å²) in [5, 5.41) is 3.18. The van der Waals surface area contributed by atoms with E-state index in [1.165, 1.54) is 7.11 Å². The molecule has 4 heteroatoms. The molecule has 0 spiro atoms. The van der Waals surface area contributed by atoms with Gasteiger partial charge in [-0.2, -0.15) is 11.8 Å². The number of esters is 1. The third-order valence-corrected chi connectivity index (χ3v) is 3.05. The zero-order valence-electron chi connectivity index (χ0n) is 9.55. The quantitative estimate of drug-likeness (QED) is 0.522. The molecule has 0 amide bonds. The molecule has 1 unspecified atom stereocenters. The number of carbonyl (C=O) groups is 1. The minimum absolute atomic E-state index is 0.170. The molecule has 14 heavy (non-hydrogen) atoms. The van der Waals surface area contributed by atoms with Crippen LogP contribution in [0.25, 0.3) is 0 Å². The standard InChI is InChI=1S/C10H21NO2S/c1-5-11-10(3,9(12)13-4)7-8-14-6-2/h11H,5-8H2,1-4H3. The average Bonchev–Trinajstić information content (AvgIpc) is 2.17. The molecule has 0 aliphatic carbocycles. The molecule has 0 aromatic rings. The van der Waals surface area contributed by atoms with E-state index in [0.29, 0.717) is 0 Å². The van der Waals surface area contributed by atoms with Gasteiger partial charge in [0.25, 0.3) is 0 Å². The molecule has 0 aliphatic rings. The lowest BCUT2D eigenvalue weighted by Gasteiger charge is -2.27. The summed E-state index contributed by atoms with van der Waals surface area (Å²) in [6.07, 6.45) is 0.812. The Balaban J connectivity index is 4.16. The molecule has 0 aromatic heterocycles. The van der Waals surface area contributed by atoms with Gasteiger partial charge in [-0.3, -0.25) is 4.79 Å². The molecule has 84 valence electrons. The van der Waals surface area contributed by atoms with E-state index in [1.807, 2.05) is 25.6 Å². The summed E-state index contributed by atoms with van der Waals surface area (Å²) in [5.41, 5.74) is -0.522. The number of rotatable bonds is 7. The number of thioether (sulfide) groups is 1. The first-order valence-electron chi connectivity index (χ1n) is 5.02. The van der Waals surface area contributed by atoms with Gasteiger partial charge >= 0.3 is 5.97 Å². The lowest BCUT2D eigenvalue weighted by molar-refractivity contribution is -0.147. The fourth-order valence-corrected chi connectivity index (χ4v) is 2.14. The van der Waals surface area contributed by atoms with Crippen LogP contribution < -0.4 is 5.32 Å². The molecule has 1 N–H and O–H groups in total. The van der Waals surface area contributed by atoms with Crippen LogP contribution in [0.3, 0.4) is 0 Å². The van der Waals surface area contributed by atoms with Crippen molar-refractivity contribution < 1.29 is 9.53 Å². The van der Waals surface area contributed by atoms with E-state index in [0.717, 1.165) is 24.5 Å². The Morgan fingerprint density at radius 2 is 2.14 bits per heavy atom. The number of carbonyl (C=O) groups excluding carboxylic acids is 1. The number of hydrogen-bond donors (Lipinski definition) is 1. The summed E-state index contributed by atoms with van der Waals surface area (Å²) < 4.78 is 4.79. The van der Waals surface area contributed by atoms with Crippen LogP contribution in [-0.2, 0) is 9.53 Å². The molecule has 3 nitrogen and oxygen atoms in total. The third kappa shape index (κ3) is 4.33. The van der Waals surface area contributed by atoms with Gasteiger partial charge in [0.1, 0.15) is 5.54 Å². The minimum atomic E-state index is -0.522. The van der Waals surface area contributed by atoms with Gasteiger partial charge in [0.15, 0.2) is 0 Å². The first-order valence-corrected chi connectivity index (χ1v) is 6.17. The van der Waals surface area contributed by atoms with Crippen LogP contribution in [0.1, 0.15) is 27.2 Å². The van der Waals surface area contributed by atoms with E-state index in [4.69, 9.17) is 4.74 Å². The molecule has 0 fully saturated rings. The van der Waals surface area contributed by atoms with Crippen molar-refractivity contribution in [2.24, 2.45) is 0 Å². The lowest BCUT2D eigenvalue weighted by atomic mass is 9.99. The van der Waals surface area contributed by atoms with Crippen molar-refractivity contribution in [1.29, 1.82) is 0 Å². The van der Waals surface area contributed by atoms with Gasteiger partial charge in [-0.1, -0.05) is 13.8 Å². The predicted octanol–water partition coefficient (Wildman–Crippen LogP) is 1.67.